The van der Waals surface area contributed by atoms with Crippen molar-refractivity contribution in [1.29, 1.82) is 0 Å². The molecular formula is C21H26N2O7. The lowest BCUT2D eigenvalue weighted by molar-refractivity contribution is -0.277. The molecule has 0 radical (unpaired) electrons. The third-order valence-electron chi connectivity index (χ3n) is 4.86. The molecule has 3 rings (SSSR count). The van der Waals surface area contributed by atoms with Crippen LogP contribution in [0.2, 0.25) is 0 Å². The van der Waals surface area contributed by atoms with Crippen LogP contribution in [0.5, 0.6) is 5.75 Å². The van der Waals surface area contributed by atoms with Gasteiger partial charge in [-0.15, -0.1) is 0 Å². The van der Waals surface area contributed by atoms with Crippen molar-refractivity contribution < 1.29 is 34.7 Å². The Kier molecular flexibility index (Phi) is 7.38. The van der Waals surface area contributed by atoms with Gasteiger partial charge >= 0.3 is 0 Å². The molecule has 7 N–H and O–H groups in total. The molecule has 1 fully saturated rings. The SMILES string of the molecule is N[C@@H](Cc1ccccc1)C(=O)Nc1ccc(O[C@H]2O[C@H](CO)[C@@H](O)[C@H](O)[C@@H]2O)cc1. The summed E-state index contributed by atoms with van der Waals surface area (Å²) in [7, 11) is 0. The van der Waals surface area contributed by atoms with E-state index in [1.54, 1.807) is 24.3 Å². The predicted octanol–water partition coefficient (Wildman–Crippen LogP) is -0.626. The Morgan fingerprint density at radius 1 is 1.03 bits per heavy atom. The van der Waals surface area contributed by atoms with Crippen molar-refractivity contribution in [3.8, 4) is 5.75 Å². The van der Waals surface area contributed by atoms with Crippen LogP contribution in [-0.2, 0) is 16.0 Å². The van der Waals surface area contributed by atoms with Gasteiger partial charge in [-0.2, -0.15) is 0 Å². The fourth-order valence-electron chi connectivity index (χ4n) is 3.11. The molecule has 30 heavy (non-hydrogen) atoms. The molecule has 9 nitrogen and oxygen atoms in total. The third-order valence-corrected chi connectivity index (χ3v) is 4.86. The van der Waals surface area contributed by atoms with Gasteiger partial charge in [0.2, 0.25) is 12.2 Å². The molecule has 2 aromatic carbocycles. The van der Waals surface area contributed by atoms with E-state index < -0.39 is 43.4 Å². The van der Waals surface area contributed by atoms with E-state index in [9.17, 15) is 25.2 Å². The zero-order valence-electron chi connectivity index (χ0n) is 16.2. The number of anilines is 1. The second-order valence-corrected chi connectivity index (χ2v) is 7.12. The van der Waals surface area contributed by atoms with Crippen LogP contribution in [0, 0.1) is 0 Å². The van der Waals surface area contributed by atoms with Gasteiger partial charge in [0.25, 0.3) is 0 Å². The fraction of sp³-hybridized carbons (Fsp3) is 0.381. The molecule has 0 unspecified atom stereocenters. The predicted molar refractivity (Wildman–Crippen MR) is 108 cm³/mol. The van der Waals surface area contributed by atoms with Crippen LogP contribution < -0.4 is 15.8 Å². The van der Waals surface area contributed by atoms with E-state index in [-0.39, 0.29) is 5.91 Å². The molecule has 1 heterocycles. The smallest absolute Gasteiger partial charge is 0.241 e. The van der Waals surface area contributed by atoms with Gasteiger partial charge in [0, 0.05) is 5.69 Å². The normalized spacial score (nSPS) is 27.3. The standard InChI is InChI=1S/C21H26N2O7/c22-15(10-12-4-2-1-3-5-12)20(28)23-13-6-8-14(9-7-13)29-21-19(27)18(26)17(25)16(11-24)30-21/h1-9,15-19,21,24-27H,10-11,22H2,(H,23,28)/t15-,16+,17+,18-,19-,21-/m0/s1. The molecule has 0 spiro atoms. The topological polar surface area (TPSA) is 154 Å². The zero-order valence-corrected chi connectivity index (χ0v) is 16.2. The highest BCUT2D eigenvalue weighted by Crippen LogP contribution is 2.25. The molecule has 0 bridgehead atoms. The van der Waals surface area contributed by atoms with Crippen molar-refractivity contribution in [1.82, 2.24) is 0 Å². The lowest BCUT2D eigenvalue weighted by atomic mass is 9.99. The summed E-state index contributed by atoms with van der Waals surface area (Å²) in [6, 6.07) is 15.0. The van der Waals surface area contributed by atoms with Crippen molar-refractivity contribution in [2.45, 2.75) is 43.2 Å². The van der Waals surface area contributed by atoms with Crippen molar-refractivity contribution >= 4 is 11.6 Å². The highest BCUT2D eigenvalue weighted by molar-refractivity contribution is 5.94. The lowest BCUT2D eigenvalue weighted by Crippen LogP contribution is -2.60. The minimum atomic E-state index is -1.52. The maximum absolute atomic E-state index is 12.3. The molecular weight excluding hydrogens is 392 g/mol. The lowest BCUT2D eigenvalue weighted by Gasteiger charge is -2.39. The van der Waals surface area contributed by atoms with E-state index in [2.05, 4.69) is 5.32 Å². The summed E-state index contributed by atoms with van der Waals surface area (Å²) in [5.41, 5.74) is 7.44. The quantitative estimate of drug-likeness (QED) is 0.347. The second-order valence-electron chi connectivity index (χ2n) is 7.12. The Bertz CT molecular complexity index is 816. The Labute approximate surface area is 173 Å². The van der Waals surface area contributed by atoms with E-state index in [1.165, 1.54) is 0 Å². The monoisotopic (exact) mass is 418 g/mol. The van der Waals surface area contributed by atoms with E-state index in [1.807, 2.05) is 30.3 Å². The molecule has 162 valence electrons. The van der Waals surface area contributed by atoms with Gasteiger partial charge < -0.3 is 41.0 Å². The van der Waals surface area contributed by atoms with E-state index in [4.69, 9.17) is 15.2 Å². The summed E-state index contributed by atoms with van der Waals surface area (Å²) in [5, 5.41) is 41.6. The Morgan fingerprint density at radius 2 is 1.70 bits per heavy atom. The van der Waals surface area contributed by atoms with Crippen LogP contribution in [0.3, 0.4) is 0 Å². The van der Waals surface area contributed by atoms with E-state index >= 15 is 0 Å². The number of carbonyl (C=O) groups is 1. The number of nitrogens with two attached hydrogens (primary N) is 1. The molecule has 0 saturated carbocycles. The summed E-state index contributed by atoms with van der Waals surface area (Å²) in [6.07, 6.45) is -6.41. The minimum absolute atomic E-state index is 0.297. The van der Waals surface area contributed by atoms with Crippen LogP contribution >= 0.6 is 0 Å². The highest BCUT2D eigenvalue weighted by atomic mass is 16.7. The molecule has 9 heteroatoms. The summed E-state index contributed by atoms with van der Waals surface area (Å²) in [5.74, 6) is -0.0348. The first kappa shape index (κ1) is 22.2. The second kappa shape index (κ2) is 9.98. The summed E-state index contributed by atoms with van der Waals surface area (Å²) in [6.45, 7) is -0.543. The highest BCUT2D eigenvalue weighted by Gasteiger charge is 2.44. The molecule has 1 saturated heterocycles. The van der Waals surface area contributed by atoms with Crippen molar-refractivity contribution in [3.05, 3.63) is 60.2 Å². The maximum atomic E-state index is 12.3. The van der Waals surface area contributed by atoms with Gasteiger partial charge in [0.05, 0.1) is 12.6 Å². The molecule has 6 atom stereocenters. The number of hydrogen-bond donors (Lipinski definition) is 6. The number of carbonyl (C=O) groups excluding carboxylic acids is 1. The van der Waals surface area contributed by atoms with Gasteiger partial charge in [-0.3, -0.25) is 4.79 Å². The minimum Gasteiger partial charge on any atom is -0.462 e. The number of aliphatic hydroxyl groups excluding tert-OH is 4. The Hall–Kier alpha value is -2.53. The first-order valence-electron chi connectivity index (χ1n) is 9.56. The fourth-order valence-corrected chi connectivity index (χ4v) is 3.11. The van der Waals surface area contributed by atoms with Gasteiger partial charge in [-0.05, 0) is 36.2 Å². The maximum Gasteiger partial charge on any atom is 0.241 e. The molecule has 0 aliphatic carbocycles. The third kappa shape index (κ3) is 5.33. The van der Waals surface area contributed by atoms with E-state index in [0.717, 1.165) is 5.56 Å². The number of nitrogens with one attached hydrogen (secondary N) is 1. The molecule has 1 aliphatic rings. The van der Waals surface area contributed by atoms with Crippen LogP contribution in [0.1, 0.15) is 5.56 Å². The molecule has 1 amide bonds. The largest absolute Gasteiger partial charge is 0.462 e. The average Bonchev–Trinajstić information content (AvgIpc) is 2.76. The van der Waals surface area contributed by atoms with Crippen LogP contribution in [0.4, 0.5) is 5.69 Å². The van der Waals surface area contributed by atoms with E-state index in [0.29, 0.717) is 17.9 Å². The number of rotatable bonds is 7. The molecule has 0 aromatic heterocycles. The van der Waals surface area contributed by atoms with Gasteiger partial charge in [0.15, 0.2) is 0 Å². The number of hydrogen-bond acceptors (Lipinski definition) is 8. The number of aliphatic hydroxyl groups is 4. The van der Waals surface area contributed by atoms with Crippen molar-refractivity contribution in [3.63, 3.8) is 0 Å². The first-order valence-corrected chi connectivity index (χ1v) is 9.56. The Morgan fingerprint density at radius 3 is 2.33 bits per heavy atom. The molecule has 2 aromatic rings. The number of ether oxygens (including phenoxy) is 2. The summed E-state index contributed by atoms with van der Waals surface area (Å²) in [4.78, 5) is 12.3. The number of benzene rings is 2. The van der Waals surface area contributed by atoms with Gasteiger partial charge in [-0.1, -0.05) is 30.3 Å². The van der Waals surface area contributed by atoms with Crippen LogP contribution in [0.15, 0.2) is 54.6 Å². The first-order chi connectivity index (χ1) is 14.4. The summed E-state index contributed by atoms with van der Waals surface area (Å²) >= 11 is 0. The summed E-state index contributed by atoms with van der Waals surface area (Å²) < 4.78 is 10.8. The average molecular weight is 418 g/mol. The Balaban J connectivity index is 1.56. The number of amides is 1. The van der Waals surface area contributed by atoms with Crippen LogP contribution in [0.25, 0.3) is 0 Å². The van der Waals surface area contributed by atoms with Gasteiger partial charge in [0.1, 0.15) is 30.2 Å². The van der Waals surface area contributed by atoms with Gasteiger partial charge in [-0.25, -0.2) is 0 Å². The molecule has 1 aliphatic heterocycles. The van der Waals surface area contributed by atoms with Crippen molar-refractivity contribution in [2.75, 3.05) is 11.9 Å². The zero-order chi connectivity index (χ0) is 21.7. The van der Waals surface area contributed by atoms with Crippen LogP contribution in [-0.4, -0.2) is 69.7 Å². The van der Waals surface area contributed by atoms with Crippen molar-refractivity contribution in [2.24, 2.45) is 5.73 Å².